The second-order valence-corrected chi connectivity index (χ2v) is 5.12. The maximum Gasteiger partial charge on any atom is 0.136 e. The van der Waals surface area contributed by atoms with Gasteiger partial charge in [0.2, 0.25) is 0 Å². The summed E-state index contributed by atoms with van der Waals surface area (Å²) in [5.41, 5.74) is 0. The average molecular weight is 208 g/mol. The first-order valence-electron chi connectivity index (χ1n) is 6.30. The number of hydrogen-bond acceptors (Lipinski definition) is 1. The lowest BCUT2D eigenvalue weighted by Gasteiger charge is -2.28. The monoisotopic (exact) mass is 208 g/mol. The van der Waals surface area contributed by atoms with E-state index in [1.165, 1.54) is 32.1 Å². The lowest BCUT2D eigenvalue weighted by molar-refractivity contribution is -0.122. The lowest BCUT2D eigenvalue weighted by atomic mass is 9.77. The van der Waals surface area contributed by atoms with Gasteiger partial charge in [0, 0.05) is 12.3 Å². The third kappa shape index (κ3) is 3.81. The summed E-state index contributed by atoms with van der Waals surface area (Å²) < 4.78 is 0. The predicted molar refractivity (Wildman–Crippen MR) is 64.7 cm³/mol. The van der Waals surface area contributed by atoms with Gasteiger partial charge in [0.15, 0.2) is 0 Å². The predicted octanol–water partition coefficient (Wildman–Crippen LogP) is 3.98. The quantitative estimate of drug-likeness (QED) is 0.624. The van der Waals surface area contributed by atoms with Gasteiger partial charge >= 0.3 is 0 Å². The zero-order valence-corrected chi connectivity index (χ0v) is 10.2. The van der Waals surface area contributed by atoms with Crippen molar-refractivity contribution < 1.29 is 4.79 Å². The first-order valence-corrected chi connectivity index (χ1v) is 6.30. The SMILES string of the molecule is C=CC(CC(=O)C(C)C)C1CCCCC1. The van der Waals surface area contributed by atoms with Gasteiger partial charge in [0.1, 0.15) is 5.78 Å². The number of Topliss-reactive ketones (excluding diaryl/α,β-unsaturated/α-hetero) is 1. The highest BCUT2D eigenvalue weighted by atomic mass is 16.1. The Hall–Kier alpha value is -0.590. The molecule has 0 aromatic carbocycles. The highest BCUT2D eigenvalue weighted by Gasteiger charge is 2.24. The fourth-order valence-corrected chi connectivity index (χ4v) is 2.47. The maximum atomic E-state index is 11.7. The van der Waals surface area contributed by atoms with E-state index in [1.54, 1.807) is 0 Å². The Morgan fingerprint density at radius 3 is 2.40 bits per heavy atom. The second kappa shape index (κ2) is 6.09. The standard InChI is InChI=1S/C14H24O/c1-4-12(10-14(15)11(2)3)13-8-6-5-7-9-13/h4,11-13H,1,5-10H2,2-3H3. The Morgan fingerprint density at radius 2 is 1.93 bits per heavy atom. The second-order valence-electron chi connectivity index (χ2n) is 5.12. The number of ketones is 1. The van der Waals surface area contributed by atoms with E-state index < -0.39 is 0 Å². The van der Waals surface area contributed by atoms with E-state index in [-0.39, 0.29) is 5.92 Å². The summed E-state index contributed by atoms with van der Waals surface area (Å²) in [6, 6.07) is 0. The van der Waals surface area contributed by atoms with Crippen LogP contribution in [0.3, 0.4) is 0 Å². The van der Waals surface area contributed by atoms with Crippen molar-refractivity contribution in [2.45, 2.75) is 52.4 Å². The molecule has 0 radical (unpaired) electrons. The molecule has 0 amide bonds. The van der Waals surface area contributed by atoms with Crippen molar-refractivity contribution in [3.63, 3.8) is 0 Å². The molecule has 0 bridgehead atoms. The van der Waals surface area contributed by atoms with Crippen molar-refractivity contribution in [2.75, 3.05) is 0 Å². The summed E-state index contributed by atoms with van der Waals surface area (Å²) in [7, 11) is 0. The summed E-state index contributed by atoms with van der Waals surface area (Å²) in [6.45, 7) is 7.88. The smallest absolute Gasteiger partial charge is 0.136 e. The molecule has 1 heteroatoms. The number of hydrogen-bond donors (Lipinski definition) is 0. The summed E-state index contributed by atoms with van der Waals surface area (Å²) in [4.78, 5) is 11.7. The van der Waals surface area contributed by atoms with Crippen LogP contribution in [-0.2, 0) is 4.79 Å². The molecule has 1 fully saturated rings. The molecule has 0 N–H and O–H groups in total. The lowest BCUT2D eigenvalue weighted by Crippen LogP contribution is -2.21. The van der Waals surface area contributed by atoms with Crippen molar-refractivity contribution >= 4 is 5.78 Å². The van der Waals surface area contributed by atoms with Gasteiger partial charge in [-0.2, -0.15) is 0 Å². The Bertz CT molecular complexity index is 211. The Labute approximate surface area is 93.9 Å². The summed E-state index contributed by atoms with van der Waals surface area (Å²) in [6.07, 6.45) is 9.36. The van der Waals surface area contributed by atoms with E-state index in [0.717, 1.165) is 5.92 Å². The Kier molecular flexibility index (Phi) is 5.07. The molecule has 1 saturated carbocycles. The molecule has 0 aromatic rings. The van der Waals surface area contributed by atoms with Gasteiger partial charge in [-0.05, 0) is 24.7 Å². The maximum absolute atomic E-state index is 11.7. The van der Waals surface area contributed by atoms with Crippen LogP contribution in [0.15, 0.2) is 12.7 Å². The molecule has 1 rings (SSSR count). The summed E-state index contributed by atoms with van der Waals surface area (Å²) in [5, 5.41) is 0. The van der Waals surface area contributed by atoms with Crippen LogP contribution in [0, 0.1) is 17.8 Å². The summed E-state index contributed by atoms with van der Waals surface area (Å²) in [5.74, 6) is 1.72. The van der Waals surface area contributed by atoms with Crippen LogP contribution in [0.1, 0.15) is 52.4 Å². The molecule has 15 heavy (non-hydrogen) atoms. The van der Waals surface area contributed by atoms with Crippen LogP contribution in [0.25, 0.3) is 0 Å². The van der Waals surface area contributed by atoms with Crippen LogP contribution in [0.2, 0.25) is 0 Å². The molecule has 1 aliphatic carbocycles. The fourth-order valence-electron chi connectivity index (χ4n) is 2.47. The van der Waals surface area contributed by atoms with Gasteiger partial charge in [-0.15, -0.1) is 6.58 Å². The van der Waals surface area contributed by atoms with E-state index in [2.05, 4.69) is 6.58 Å². The highest BCUT2D eigenvalue weighted by Crippen LogP contribution is 2.32. The van der Waals surface area contributed by atoms with Crippen molar-refractivity contribution in [2.24, 2.45) is 17.8 Å². The van der Waals surface area contributed by atoms with E-state index in [1.807, 2.05) is 19.9 Å². The summed E-state index contributed by atoms with van der Waals surface area (Å²) >= 11 is 0. The normalized spacial score (nSPS) is 20.2. The third-order valence-corrected chi connectivity index (χ3v) is 3.64. The first kappa shape index (κ1) is 12.5. The van der Waals surface area contributed by atoms with E-state index >= 15 is 0 Å². The minimum absolute atomic E-state index is 0.177. The van der Waals surface area contributed by atoms with Crippen LogP contribution >= 0.6 is 0 Å². The zero-order chi connectivity index (χ0) is 11.3. The molecule has 86 valence electrons. The Balaban J connectivity index is 2.47. The van der Waals surface area contributed by atoms with Gasteiger partial charge in [-0.3, -0.25) is 4.79 Å². The van der Waals surface area contributed by atoms with E-state index in [4.69, 9.17) is 0 Å². The molecular weight excluding hydrogens is 184 g/mol. The molecule has 0 aromatic heterocycles. The fraction of sp³-hybridized carbons (Fsp3) is 0.786. The number of carbonyl (C=O) groups is 1. The number of allylic oxidation sites excluding steroid dienone is 1. The van der Waals surface area contributed by atoms with Crippen molar-refractivity contribution in [3.05, 3.63) is 12.7 Å². The highest BCUT2D eigenvalue weighted by molar-refractivity contribution is 5.80. The van der Waals surface area contributed by atoms with Gasteiger partial charge in [0.05, 0.1) is 0 Å². The number of rotatable bonds is 5. The van der Waals surface area contributed by atoms with Crippen molar-refractivity contribution in [1.29, 1.82) is 0 Å². The molecule has 0 saturated heterocycles. The molecule has 1 atom stereocenters. The molecule has 1 nitrogen and oxygen atoms in total. The molecule has 0 aliphatic heterocycles. The van der Waals surface area contributed by atoms with E-state index in [0.29, 0.717) is 18.1 Å². The third-order valence-electron chi connectivity index (χ3n) is 3.64. The van der Waals surface area contributed by atoms with Gasteiger partial charge in [0.25, 0.3) is 0 Å². The number of carbonyl (C=O) groups excluding carboxylic acids is 1. The van der Waals surface area contributed by atoms with Gasteiger partial charge in [-0.1, -0.05) is 39.2 Å². The largest absolute Gasteiger partial charge is 0.299 e. The molecule has 1 aliphatic rings. The first-order chi connectivity index (χ1) is 7.15. The van der Waals surface area contributed by atoms with Gasteiger partial charge < -0.3 is 0 Å². The van der Waals surface area contributed by atoms with Crippen molar-refractivity contribution in [3.8, 4) is 0 Å². The zero-order valence-electron chi connectivity index (χ0n) is 10.2. The minimum atomic E-state index is 0.177. The average Bonchev–Trinajstić information content (AvgIpc) is 2.26. The van der Waals surface area contributed by atoms with E-state index in [9.17, 15) is 4.79 Å². The van der Waals surface area contributed by atoms with Crippen LogP contribution in [0.4, 0.5) is 0 Å². The van der Waals surface area contributed by atoms with Crippen LogP contribution < -0.4 is 0 Å². The topological polar surface area (TPSA) is 17.1 Å². The molecule has 1 unspecified atom stereocenters. The Morgan fingerprint density at radius 1 is 1.33 bits per heavy atom. The van der Waals surface area contributed by atoms with Gasteiger partial charge in [-0.25, -0.2) is 0 Å². The molecule has 0 spiro atoms. The van der Waals surface area contributed by atoms with Crippen LogP contribution in [0.5, 0.6) is 0 Å². The van der Waals surface area contributed by atoms with Crippen LogP contribution in [-0.4, -0.2) is 5.78 Å². The molecular formula is C14H24O. The van der Waals surface area contributed by atoms with Crippen molar-refractivity contribution in [1.82, 2.24) is 0 Å². The molecule has 0 heterocycles. The minimum Gasteiger partial charge on any atom is -0.299 e.